The van der Waals surface area contributed by atoms with Crippen LogP contribution in [-0.2, 0) is 13.1 Å². The smallest absolute Gasteiger partial charge is 0.0789 e. The zero-order valence-corrected chi connectivity index (χ0v) is 11.4. The van der Waals surface area contributed by atoms with Crippen LogP contribution in [0.25, 0.3) is 0 Å². The number of nitrogens with two attached hydrogens (primary N) is 1. The van der Waals surface area contributed by atoms with Gasteiger partial charge in [0.05, 0.1) is 17.5 Å². The number of aliphatic hydroxyl groups is 1. The Morgan fingerprint density at radius 1 is 1.00 bits per heavy atom. The van der Waals surface area contributed by atoms with Crippen LogP contribution in [0.2, 0.25) is 0 Å². The summed E-state index contributed by atoms with van der Waals surface area (Å²) in [5.41, 5.74) is 7.43. The van der Waals surface area contributed by atoms with Crippen LogP contribution < -0.4 is 5.73 Å². The highest BCUT2D eigenvalue weighted by Gasteiger charge is 2.12. The second kappa shape index (κ2) is 7.69. The molecule has 0 aliphatic rings. The number of aliphatic hydroxyl groups excluding tert-OH is 1. The molecular weight excluding hydrogens is 252 g/mol. The SMILES string of the molecule is NCC(O)CN(Cc1ccccn1)Cc1ccccn1. The summed E-state index contributed by atoms with van der Waals surface area (Å²) in [6.07, 6.45) is 3.00. The van der Waals surface area contributed by atoms with Crippen molar-refractivity contribution in [3.63, 3.8) is 0 Å². The Bertz CT molecular complexity index is 450. The summed E-state index contributed by atoms with van der Waals surface area (Å²) in [7, 11) is 0. The fourth-order valence-corrected chi connectivity index (χ4v) is 2.00. The van der Waals surface area contributed by atoms with Gasteiger partial charge >= 0.3 is 0 Å². The zero-order valence-electron chi connectivity index (χ0n) is 11.4. The number of aromatic nitrogens is 2. The molecule has 0 aliphatic carbocycles. The molecule has 5 nitrogen and oxygen atoms in total. The molecule has 3 N–H and O–H groups in total. The molecule has 1 unspecified atom stereocenters. The maximum atomic E-state index is 9.78. The minimum Gasteiger partial charge on any atom is -0.390 e. The van der Waals surface area contributed by atoms with Gasteiger partial charge in [-0.05, 0) is 24.3 Å². The first-order chi connectivity index (χ1) is 9.78. The topological polar surface area (TPSA) is 75.3 Å². The van der Waals surface area contributed by atoms with Crippen molar-refractivity contribution in [2.75, 3.05) is 13.1 Å². The van der Waals surface area contributed by atoms with E-state index in [1.54, 1.807) is 12.4 Å². The highest BCUT2D eigenvalue weighted by atomic mass is 16.3. The standard InChI is InChI=1S/C15H20N4O/c16-9-15(20)12-19(10-13-5-1-3-7-17-13)11-14-6-2-4-8-18-14/h1-8,15,20H,9-12,16H2. The molecule has 106 valence electrons. The Morgan fingerprint density at radius 3 is 1.95 bits per heavy atom. The molecule has 0 fully saturated rings. The maximum Gasteiger partial charge on any atom is 0.0789 e. The summed E-state index contributed by atoms with van der Waals surface area (Å²) in [5.74, 6) is 0. The van der Waals surface area contributed by atoms with Crippen molar-refractivity contribution in [3.05, 3.63) is 60.2 Å². The van der Waals surface area contributed by atoms with E-state index in [1.165, 1.54) is 0 Å². The Balaban J connectivity index is 2.04. The van der Waals surface area contributed by atoms with Gasteiger partial charge in [0.1, 0.15) is 0 Å². The van der Waals surface area contributed by atoms with Gasteiger partial charge in [0.2, 0.25) is 0 Å². The third-order valence-corrected chi connectivity index (χ3v) is 2.96. The quantitative estimate of drug-likeness (QED) is 0.779. The molecule has 0 aromatic carbocycles. The highest BCUT2D eigenvalue weighted by Crippen LogP contribution is 2.07. The van der Waals surface area contributed by atoms with Crippen molar-refractivity contribution < 1.29 is 5.11 Å². The molecule has 0 aliphatic heterocycles. The first kappa shape index (κ1) is 14.6. The summed E-state index contributed by atoms with van der Waals surface area (Å²) in [4.78, 5) is 10.7. The zero-order chi connectivity index (χ0) is 14.2. The normalized spacial score (nSPS) is 12.6. The number of pyridine rings is 2. The molecule has 2 aromatic heterocycles. The summed E-state index contributed by atoms with van der Waals surface area (Å²) in [6, 6.07) is 11.6. The minimum atomic E-state index is -0.539. The highest BCUT2D eigenvalue weighted by molar-refractivity contribution is 5.06. The fraction of sp³-hybridized carbons (Fsp3) is 0.333. The molecule has 2 heterocycles. The van der Waals surface area contributed by atoms with Crippen LogP contribution in [0.1, 0.15) is 11.4 Å². The Hall–Kier alpha value is -1.82. The maximum absolute atomic E-state index is 9.78. The molecular formula is C15H20N4O. The van der Waals surface area contributed by atoms with Crippen molar-refractivity contribution in [1.29, 1.82) is 0 Å². The number of hydrogen-bond acceptors (Lipinski definition) is 5. The third kappa shape index (κ3) is 4.70. The van der Waals surface area contributed by atoms with Crippen molar-refractivity contribution in [1.82, 2.24) is 14.9 Å². The number of rotatable bonds is 7. The second-order valence-corrected chi connectivity index (χ2v) is 4.70. The lowest BCUT2D eigenvalue weighted by molar-refractivity contribution is 0.109. The molecule has 20 heavy (non-hydrogen) atoms. The summed E-state index contributed by atoms with van der Waals surface area (Å²) in [6.45, 7) is 2.08. The first-order valence-corrected chi connectivity index (χ1v) is 6.68. The van der Waals surface area contributed by atoms with E-state index < -0.39 is 6.10 Å². The van der Waals surface area contributed by atoms with Gasteiger partial charge in [0.25, 0.3) is 0 Å². The lowest BCUT2D eigenvalue weighted by Crippen LogP contribution is -2.36. The molecule has 2 aromatic rings. The number of nitrogens with zero attached hydrogens (tertiary/aromatic N) is 3. The van der Waals surface area contributed by atoms with E-state index in [4.69, 9.17) is 5.73 Å². The van der Waals surface area contributed by atoms with Crippen molar-refractivity contribution in [3.8, 4) is 0 Å². The van der Waals surface area contributed by atoms with Gasteiger partial charge in [-0.3, -0.25) is 14.9 Å². The van der Waals surface area contributed by atoms with Crippen LogP contribution in [-0.4, -0.2) is 39.2 Å². The summed E-state index contributed by atoms with van der Waals surface area (Å²) < 4.78 is 0. The van der Waals surface area contributed by atoms with Crippen LogP contribution in [0.3, 0.4) is 0 Å². The number of hydrogen-bond donors (Lipinski definition) is 2. The van der Waals surface area contributed by atoms with E-state index in [-0.39, 0.29) is 6.54 Å². The van der Waals surface area contributed by atoms with Gasteiger partial charge < -0.3 is 10.8 Å². The Labute approximate surface area is 119 Å². The van der Waals surface area contributed by atoms with Crippen molar-refractivity contribution in [2.24, 2.45) is 5.73 Å². The average Bonchev–Trinajstić information content (AvgIpc) is 2.49. The van der Waals surface area contributed by atoms with Gasteiger partial charge in [0.15, 0.2) is 0 Å². The Kier molecular flexibility index (Phi) is 5.61. The van der Waals surface area contributed by atoms with Gasteiger partial charge in [0, 0.05) is 38.6 Å². The van der Waals surface area contributed by atoms with E-state index in [0.717, 1.165) is 11.4 Å². The first-order valence-electron chi connectivity index (χ1n) is 6.68. The Morgan fingerprint density at radius 2 is 1.55 bits per heavy atom. The third-order valence-electron chi connectivity index (χ3n) is 2.96. The monoisotopic (exact) mass is 272 g/mol. The van der Waals surface area contributed by atoms with Crippen LogP contribution in [0.4, 0.5) is 0 Å². The predicted molar refractivity (Wildman–Crippen MR) is 77.6 cm³/mol. The average molecular weight is 272 g/mol. The molecule has 0 radical (unpaired) electrons. The minimum absolute atomic E-state index is 0.251. The molecule has 2 rings (SSSR count). The lowest BCUT2D eigenvalue weighted by Gasteiger charge is -2.23. The van der Waals surface area contributed by atoms with E-state index in [2.05, 4.69) is 14.9 Å². The van der Waals surface area contributed by atoms with Crippen LogP contribution in [0, 0.1) is 0 Å². The fourth-order valence-electron chi connectivity index (χ4n) is 2.00. The largest absolute Gasteiger partial charge is 0.390 e. The van der Waals surface area contributed by atoms with Crippen LogP contribution >= 0.6 is 0 Å². The molecule has 0 saturated carbocycles. The lowest BCUT2D eigenvalue weighted by atomic mass is 10.2. The van der Waals surface area contributed by atoms with E-state index in [1.807, 2.05) is 36.4 Å². The molecule has 0 amide bonds. The molecule has 0 saturated heterocycles. The van der Waals surface area contributed by atoms with Gasteiger partial charge in [-0.15, -0.1) is 0 Å². The van der Waals surface area contributed by atoms with E-state index in [0.29, 0.717) is 19.6 Å². The van der Waals surface area contributed by atoms with Crippen LogP contribution in [0.5, 0.6) is 0 Å². The van der Waals surface area contributed by atoms with Gasteiger partial charge in [-0.1, -0.05) is 12.1 Å². The summed E-state index contributed by atoms with van der Waals surface area (Å²) >= 11 is 0. The predicted octanol–water partition coefficient (Wildman–Crippen LogP) is 0.798. The second-order valence-electron chi connectivity index (χ2n) is 4.70. The van der Waals surface area contributed by atoms with Gasteiger partial charge in [-0.2, -0.15) is 0 Å². The van der Waals surface area contributed by atoms with Crippen LogP contribution in [0.15, 0.2) is 48.8 Å². The molecule has 0 bridgehead atoms. The molecule has 5 heteroatoms. The molecule has 1 atom stereocenters. The van der Waals surface area contributed by atoms with E-state index >= 15 is 0 Å². The van der Waals surface area contributed by atoms with Crippen molar-refractivity contribution >= 4 is 0 Å². The van der Waals surface area contributed by atoms with E-state index in [9.17, 15) is 5.11 Å². The van der Waals surface area contributed by atoms with Crippen molar-refractivity contribution in [2.45, 2.75) is 19.2 Å². The van der Waals surface area contributed by atoms with Gasteiger partial charge in [-0.25, -0.2) is 0 Å². The molecule has 0 spiro atoms. The summed E-state index contributed by atoms with van der Waals surface area (Å²) in [5, 5.41) is 9.78.